The van der Waals surface area contributed by atoms with Crippen molar-refractivity contribution in [3.05, 3.63) is 0 Å². The second-order valence-corrected chi connectivity index (χ2v) is 6.90. The molecule has 0 aromatic heterocycles. The number of Topliss-reactive ketones (excluding diaryl/α,β-unsaturated/α-hetero) is 2. The SMILES string of the molecule is CC(C)C[O-].CC(C)C[O-].CCC(C(C)=O)C(=O)[O-].CCC(C(C)=O)C(=O)[O-].[Zr+4]. The van der Waals surface area contributed by atoms with E-state index in [-0.39, 0.29) is 51.0 Å². The zero-order chi connectivity index (χ0) is 23.4. The normalized spacial score (nSPS) is 11.2. The van der Waals surface area contributed by atoms with Crippen molar-refractivity contribution in [1.82, 2.24) is 0 Å². The van der Waals surface area contributed by atoms with E-state index in [2.05, 4.69) is 0 Å². The number of carbonyl (C=O) groups excluding carboxylic acids is 4. The molecule has 0 aromatic rings. The first kappa shape index (κ1) is 38.7. The second kappa shape index (κ2) is 25.1. The third-order valence-electron chi connectivity index (χ3n) is 3.03. The molecule has 0 aliphatic rings. The van der Waals surface area contributed by atoms with Crippen LogP contribution in [0, 0.1) is 23.7 Å². The van der Waals surface area contributed by atoms with Crippen LogP contribution in [-0.2, 0) is 45.4 Å². The van der Waals surface area contributed by atoms with E-state index in [9.17, 15) is 39.6 Å². The molecule has 0 rings (SSSR count). The van der Waals surface area contributed by atoms with Crippen LogP contribution < -0.4 is 20.4 Å². The Morgan fingerprint density at radius 2 is 0.828 bits per heavy atom. The molecule has 0 heterocycles. The number of ketones is 2. The summed E-state index contributed by atoms with van der Waals surface area (Å²) < 4.78 is 0. The van der Waals surface area contributed by atoms with Gasteiger partial charge in [-0.3, -0.25) is 9.59 Å². The predicted octanol–water partition coefficient (Wildman–Crippen LogP) is -1.29. The molecule has 0 spiro atoms. The van der Waals surface area contributed by atoms with Crippen molar-refractivity contribution in [3.63, 3.8) is 0 Å². The molecule has 9 heteroatoms. The van der Waals surface area contributed by atoms with Gasteiger partial charge in [0.25, 0.3) is 0 Å². The molecule has 0 aromatic carbocycles. The summed E-state index contributed by atoms with van der Waals surface area (Å²) in [5.41, 5.74) is 0. The number of rotatable bonds is 8. The van der Waals surface area contributed by atoms with Crippen molar-refractivity contribution in [3.8, 4) is 0 Å². The maximum Gasteiger partial charge on any atom is 4.00 e. The van der Waals surface area contributed by atoms with Gasteiger partial charge in [0.15, 0.2) is 0 Å². The third kappa shape index (κ3) is 32.0. The minimum Gasteiger partial charge on any atom is -0.854 e. The first-order valence-corrected chi connectivity index (χ1v) is 9.31. The molecule has 2 atom stereocenters. The van der Waals surface area contributed by atoms with Crippen LogP contribution in [0.3, 0.4) is 0 Å². The van der Waals surface area contributed by atoms with Crippen LogP contribution >= 0.6 is 0 Å². The van der Waals surface area contributed by atoms with Crippen LogP contribution in [0.15, 0.2) is 0 Å². The first-order chi connectivity index (χ1) is 12.7. The van der Waals surface area contributed by atoms with Gasteiger partial charge in [0.2, 0.25) is 0 Å². The molecular formula is C20H36O8Zr. The smallest absolute Gasteiger partial charge is 0.854 e. The molecule has 0 N–H and O–H groups in total. The molecule has 0 bridgehead atoms. The van der Waals surface area contributed by atoms with E-state index in [1.54, 1.807) is 13.8 Å². The summed E-state index contributed by atoms with van der Waals surface area (Å²) in [5, 5.41) is 39.3. The standard InChI is InChI=1S/2C6H10O3.2C4H9O.Zr/c2*1-3-5(4(2)7)6(8)9;2*1-4(2)3-5;/h2*5H,3H2,1-2H3,(H,8,9);2*4H,3H2,1-2H3;/q;;2*-1;+4/p-2. The van der Waals surface area contributed by atoms with Crippen LogP contribution in [-0.4, -0.2) is 36.7 Å². The summed E-state index contributed by atoms with van der Waals surface area (Å²) in [7, 11) is 0. The van der Waals surface area contributed by atoms with Gasteiger partial charge in [-0.25, -0.2) is 0 Å². The van der Waals surface area contributed by atoms with Gasteiger partial charge in [0, 0.05) is 0 Å². The van der Waals surface area contributed by atoms with Gasteiger partial charge in [-0.1, -0.05) is 53.4 Å². The second-order valence-electron chi connectivity index (χ2n) is 6.90. The Morgan fingerprint density at radius 3 is 0.828 bits per heavy atom. The first-order valence-electron chi connectivity index (χ1n) is 9.31. The average molecular weight is 496 g/mol. The summed E-state index contributed by atoms with van der Waals surface area (Å²) in [6.07, 6.45) is 0.634. The van der Waals surface area contributed by atoms with E-state index < -0.39 is 23.8 Å². The molecule has 8 nitrogen and oxygen atoms in total. The van der Waals surface area contributed by atoms with Crippen molar-refractivity contribution in [2.24, 2.45) is 23.7 Å². The number of aliphatic carboxylic acids is 2. The molecule has 0 amide bonds. The summed E-state index contributed by atoms with van der Waals surface area (Å²) in [6, 6.07) is 0. The molecule has 29 heavy (non-hydrogen) atoms. The Labute approximate surface area is 194 Å². The molecule has 0 fully saturated rings. The van der Waals surface area contributed by atoms with Gasteiger partial charge in [-0.15, -0.1) is 13.2 Å². The summed E-state index contributed by atoms with van der Waals surface area (Å²) in [6.45, 7) is 13.5. The Bertz CT molecular complexity index is 368. The Hall–Kier alpha value is -0.917. The Balaban J connectivity index is -0.0000000907. The molecule has 0 aliphatic heterocycles. The van der Waals surface area contributed by atoms with E-state index >= 15 is 0 Å². The Kier molecular flexibility index (Phi) is 33.5. The minimum absolute atomic E-state index is 0. The van der Waals surface area contributed by atoms with Crippen LogP contribution in [0.2, 0.25) is 0 Å². The van der Waals surface area contributed by atoms with Crippen LogP contribution in [0.1, 0.15) is 68.2 Å². The molecule has 0 aliphatic carbocycles. The van der Waals surface area contributed by atoms with Crippen molar-refractivity contribution in [2.45, 2.75) is 68.2 Å². The van der Waals surface area contributed by atoms with E-state index in [1.807, 2.05) is 27.7 Å². The minimum atomic E-state index is -1.27. The van der Waals surface area contributed by atoms with Gasteiger partial charge in [-0.2, -0.15) is 0 Å². The van der Waals surface area contributed by atoms with Gasteiger partial charge in [0.1, 0.15) is 11.6 Å². The van der Waals surface area contributed by atoms with Crippen molar-refractivity contribution in [2.75, 3.05) is 13.2 Å². The van der Waals surface area contributed by atoms with E-state index in [0.717, 1.165) is 0 Å². The van der Waals surface area contributed by atoms with Gasteiger partial charge >= 0.3 is 26.2 Å². The fourth-order valence-electron chi connectivity index (χ4n) is 1.24. The topological polar surface area (TPSA) is 161 Å². The molecule has 0 saturated carbocycles. The number of carboxylic acid groups (broad SMARTS) is 2. The molecule has 2 unspecified atom stereocenters. The van der Waals surface area contributed by atoms with Gasteiger partial charge < -0.3 is 30.0 Å². The quantitative estimate of drug-likeness (QED) is 0.376. The maximum atomic E-state index is 10.4. The molecule has 0 saturated heterocycles. The summed E-state index contributed by atoms with van der Waals surface area (Å²) in [4.78, 5) is 40.9. The largest absolute Gasteiger partial charge is 4.00 e. The van der Waals surface area contributed by atoms with E-state index in [1.165, 1.54) is 13.8 Å². The third-order valence-corrected chi connectivity index (χ3v) is 3.03. The molecular weight excluding hydrogens is 459 g/mol. The van der Waals surface area contributed by atoms with Crippen molar-refractivity contribution >= 4 is 23.5 Å². The van der Waals surface area contributed by atoms with Crippen LogP contribution in [0.4, 0.5) is 0 Å². The monoisotopic (exact) mass is 494 g/mol. The molecule has 0 radical (unpaired) electrons. The number of carbonyl (C=O) groups is 4. The fourth-order valence-corrected chi connectivity index (χ4v) is 1.24. The van der Waals surface area contributed by atoms with Gasteiger partial charge in [-0.05, 0) is 26.7 Å². The number of carboxylic acids is 2. The van der Waals surface area contributed by atoms with Crippen LogP contribution in [0.5, 0.6) is 0 Å². The zero-order valence-electron chi connectivity index (χ0n) is 18.9. The van der Waals surface area contributed by atoms with Gasteiger partial charge in [0.05, 0.1) is 23.8 Å². The summed E-state index contributed by atoms with van der Waals surface area (Å²) in [5.74, 6) is -4.38. The predicted molar refractivity (Wildman–Crippen MR) is 98.3 cm³/mol. The number of hydrogen-bond acceptors (Lipinski definition) is 8. The van der Waals surface area contributed by atoms with E-state index in [0.29, 0.717) is 24.7 Å². The zero-order valence-corrected chi connectivity index (χ0v) is 21.4. The number of hydrogen-bond donors (Lipinski definition) is 0. The van der Waals surface area contributed by atoms with Crippen molar-refractivity contribution in [1.29, 1.82) is 0 Å². The maximum absolute atomic E-state index is 10.4. The Morgan fingerprint density at radius 1 is 0.655 bits per heavy atom. The van der Waals surface area contributed by atoms with Crippen LogP contribution in [0.25, 0.3) is 0 Å². The fraction of sp³-hybridized carbons (Fsp3) is 0.800. The van der Waals surface area contributed by atoms with Crippen molar-refractivity contribution < 1.29 is 65.8 Å². The molecule has 168 valence electrons. The average Bonchev–Trinajstić information content (AvgIpc) is 2.56. The summed E-state index contributed by atoms with van der Waals surface area (Å²) >= 11 is 0. The van der Waals surface area contributed by atoms with E-state index in [4.69, 9.17) is 0 Å².